The van der Waals surface area contributed by atoms with Crippen molar-refractivity contribution in [2.45, 2.75) is 20.4 Å². The second kappa shape index (κ2) is 6.33. The first-order valence-corrected chi connectivity index (χ1v) is 6.44. The van der Waals surface area contributed by atoms with Gasteiger partial charge in [-0.15, -0.1) is 0 Å². The Morgan fingerprint density at radius 3 is 2.90 bits per heavy atom. The molecule has 2 rings (SSSR count). The molecule has 20 heavy (non-hydrogen) atoms. The first-order valence-electron chi connectivity index (χ1n) is 6.07. The highest BCUT2D eigenvalue weighted by atomic mass is 35.5. The lowest BCUT2D eigenvalue weighted by Crippen LogP contribution is -2.23. The number of hydrogen-bond donors (Lipinski definition) is 2. The maximum absolute atomic E-state index is 11.9. The summed E-state index contributed by atoms with van der Waals surface area (Å²) in [5.74, 6) is 1.12. The molecule has 0 aliphatic rings. The van der Waals surface area contributed by atoms with Crippen molar-refractivity contribution in [3.05, 3.63) is 34.6 Å². The maximum Gasteiger partial charge on any atom is 0.253 e. The molecule has 2 aromatic rings. The van der Waals surface area contributed by atoms with E-state index < -0.39 is 0 Å². The van der Waals surface area contributed by atoms with Crippen LogP contribution in [0.2, 0.25) is 5.02 Å². The van der Waals surface area contributed by atoms with Gasteiger partial charge < -0.3 is 15.2 Å². The fourth-order valence-corrected chi connectivity index (χ4v) is 1.77. The van der Waals surface area contributed by atoms with Crippen LogP contribution in [0.4, 0.5) is 5.82 Å². The van der Waals surface area contributed by atoms with E-state index in [0.29, 0.717) is 34.7 Å². The zero-order chi connectivity index (χ0) is 14.5. The average molecular weight is 296 g/mol. The third kappa shape index (κ3) is 3.45. The summed E-state index contributed by atoms with van der Waals surface area (Å²) in [6, 6.07) is 1.56. The highest BCUT2D eigenvalue weighted by molar-refractivity contribution is 6.33. The highest BCUT2D eigenvalue weighted by Gasteiger charge is 2.11. The molecule has 0 radical (unpaired) electrons. The Balaban J connectivity index is 2.00. The summed E-state index contributed by atoms with van der Waals surface area (Å²) in [6.45, 7) is 4.51. The smallest absolute Gasteiger partial charge is 0.253 e. The van der Waals surface area contributed by atoms with E-state index in [2.05, 4.69) is 25.8 Å². The van der Waals surface area contributed by atoms with Crippen molar-refractivity contribution in [1.29, 1.82) is 0 Å². The fourth-order valence-electron chi connectivity index (χ4n) is 1.53. The summed E-state index contributed by atoms with van der Waals surface area (Å²) in [5, 5.41) is 9.74. The van der Waals surface area contributed by atoms with E-state index in [4.69, 9.17) is 16.1 Å². The van der Waals surface area contributed by atoms with Crippen LogP contribution in [0, 0.1) is 6.92 Å². The minimum absolute atomic E-state index is 0.183. The molecule has 2 N–H and O–H groups in total. The van der Waals surface area contributed by atoms with Crippen LogP contribution in [0.3, 0.4) is 0 Å². The van der Waals surface area contributed by atoms with E-state index in [1.165, 1.54) is 6.20 Å². The maximum atomic E-state index is 11.9. The minimum Gasteiger partial charge on any atom is -0.369 e. The van der Waals surface area contributed by atoms with Gasteiger partial charge in [0, 0.05) is 19.7 Å². The molecule has 106 valence electrons. The van der Waals surface area contributed by atoms with Crippen LogP contribution in [0.25, 0.3) is 0 Å². The molecular formula is C12H14ClN5O2. The lowest BCUT2D eigenvalue weighted by molar-refractivity contribution is 0.0949. The molecule has 0 unspecified atom stereocenters. The highest BCUT2D eigenvalue weighted by Crippen LogP contribution is 2.19. The molecule has 0 aliphatic heterocycles. The first kappa shape index (κ1) is 14.3. The van der Waals surface area contributed by atoms with Crippen LogP contribution >= 0.6 is 11.6 Å². The Labute approximate surface area is 120 Å². The number of rotatable bonds is 5. The summed E-state index contributed by atoms with van der Waals surface area (Å²) in [4.78, 5) is 20.0. The van der Waals surface area contributed by atoms with Gasteiger partial charge in [-0.3, -0.25) is 4.79 Å². The SMILES string of the molecule is CCNc1ncc(C(=O)NCc2noc(C)n2)cc1Cl. The van der Waals surface area contributed by atoms with Gasteiger partial charge in [0.2, 0.25) is 5.89 Å². The zero-order valence-electron chi connectivity index (χ0n) is 11.1. The number of nitrogens with zero attached hydrogens (tertiary/aromatic N) is 3. The fraction of sp³-hybridized carbons (Fsp3) is 0.333. The van der Waals surface area contributed by atoms with Crippen molar-refractivity contribution in [3.63, 3.8) is 0 Å². The van der Waals surface area contributed by atoms with E-state index in [-0.39, 0.29) is 12.5 Å². The number of nitrogens with one attached hydrogen (secondary N) is 2. The largest absolute Gasteiger partial charge is 0.369 e. The average Bonchev–Trinajstić information content (AvgIpc) is 2.84. The molecule has 0 atom stereocenters. The van der Waals surface area contributed by atoms with Gasteiger partial charge in [0.05, 0.1) is 17.1 Å². The molecular weight excluding hydrogens is 282 g/mol. The van der Waals surface area contributed by atoms with Crippen LogP contribution < -0.4 is 10.6 Å². The van der Waals surface area contributed by atoms with Crippen molar-refractivity contribution < 1.29 is 9.32 Å². The number of pyridine rings is 1. The van der Waals surface area contributed by atoms with Crippen LogP contribution in [0.5, 0.6) is 0 Å². The van der Waals surface area contributed by atoms with Gasteiger partial charge in [-0.25, -0.2) is 4.98 Å². The second-order valence-electron chi connectivity index (χ2n) is 4.00. The number of halogens is 1. The minimum atomic E-state index is -0.301. The van der Waals surface area contributed by atoms with Crippen molar-refractivity contribution in [3.8, 4) is 0 Å². The summed E-state index contributed by atoms with van der Waals surface area (Å²) >= 11 is 6.03. The van der Waals surface area contributed by atoms with Gasteiger partial charge in [0.1, 0.15) is 5.82 Å². The molecule has 0 aliphatic carbocycles. The third-order valence-electron chi connectivity index (χ3n) is 2.42. The number of aromatic nitrogens is 3. The number of amides is 1. The summed E-state index contributed by atoms with van der Waals surface area (Å²) in [5.41, 5.74) is 0.372. The number of aryl methyl sites for hydroxylation is 1. The van der Waals surface area contributed by atoms with E-state index in [1.807, 2.05) is 6.92 Å². The Morgan fingerprint density at radius 1 is 1.50 bits per heavy atom. The van der Waals surface area contributed by atoms with Gasteiger partial charge in [-0.1, -0.05) is 16.8 Å². The number of hydrogen-bond acceptors (Lipinski definition) is 6. The van der Waals surface area contributed by atoms with Gasteiger partial charge in [-0.2, -0.15) is 4.98 Å². The molecule has 7 nitrogen and oxygen atoms in total. The van der Waals surface area contributed by atoms with Gasteiger partial charge in [-0.05, 0) is 13.0 Å². The lowest BCUT2D eigenvalue weighted by Gasteiger charge is -2.07. The Kier molecular flexibility index (Phi) is 4.52. The van der Waals surface area contributed by atoms with E-state index >= 15 is 0 Å². The number of carbonyl (C=O) groups excluding carboxylic acids is 1. The Morgan fingerprint density at radius 2 is 2.30 bits per heavy atom. The van der Waals surface area contributed by atoms with Gasteiger partial charge in [0.25, 0.3) is 5.91 Å². The molecule has 2 heterocycles. The molecule has 0 fully saturated rings. The number of carbonyl (C=O) groups is 1. The molecule has 2 aromatic heterocycles. The van der Waals surface area contributed by atoms with Crippen molar-refractivity contribution in [2.75, 3.05) is 11.9 Å². The number of anilines is 1. The quantitative estimate of drug-likeness (QED) is 0.873. The van der Waals surface area contributed by atoms with Crippen LogP contribution in [-0.2, 0) is 6.54 Å². The van der Waals surface area contributed by atoms with Crippen LogP contribution in [-0.4, -0.2) is 27.6 Å². The Bertz CT molecular complexity index is 614. The normalized spacial score (nSPS) is 10.3. The second-order valence-corrected chi connectivity index (χ2v) is 4.40. The molecule has 8 heteroatoms. The molecule has 0 aromatic carbocycles. The standard InChI is InChI=1S/C12H14ClN5O2/c1-3-14-11-9(13)4-8(5-15-11)12(19)16-6-10-17-7(2)20-18-10/h4-5H,3,6H2,1-2H3,(H,14,15)(H,16,19). The molecule has 0 bridgehead atoms. The summed E-state index contributed by atoms with van der Waals surface area (Å²) < 4.78 is 4.81. The van der Waals surface area contributed by atoms with E-state index in [0.717, 1.165) is 0 Å². The third-order valence-corrected chi connectivity index (χ3v) is 2.71. The first-order chi connectivity index (χ1) is 9.60. The monoisotopic (exact) mass is 295 g/mol. The predicted molar refractivity (Wildman–Crippen MR) is 73.6 cm³/mol. The summed E-state index contributed by atoms with van der Waals surface area (Å²) in [6.07, 6.45) is 1.46. The predicted octanol–water partition coefficient (Wildman–Crippen LogP) is 1.79. The molecule has 0 saturated carbocycles. The van der Waals surface area contributed by atoms with Gasteiger partial charge >= 0.3 is 0 Å². The zero-order valence-corrected chi connectivity index (χ0v) is 11.9. The van der Waals surface area contributed by atoms with Crippen molar-refractivity contribution in [2.24, 2.45) is 0 Å². The molecule has 0 spiro atoms. The van der Waals surface area contributed by atoms with Crippen molar-refractivity contribution >= 4 is 23.3 Å². The Hall–Kier alpha value is -2.15. The summed E-state index contributed by atoms with van der Waals surface area (Å²) in [7, 11) is 0. The van der Waals surface area contributed by atoms with Gasteiger partial charge in [0.15, 0.2) is 5.82 Å². The van der Waals surface area contributed by atoms with Crippen LogP contribution in [0.15, 0.2) is 16.8 Å². The van der Waals surface area contributed by atoms with E-state index in [9.17, 15) is 4.79 Å². The van der Waals surface area contributed by atoms with E-state index in [1.54, 1.807) is 13.0 Å². The molecule has 1 amide bonds. The van der Waals surface area contributed by atoms with Crippen LogP contribution in [0.1, 0.15) is 29.0 Å². The molecule has 0 saturated heterocycles. The lowest BCUT2D eigenvalue weighted by atomic mass is 10.2. The topological polar surface area (TPSA) is 92.9 Å². The van der Waals surface area contributed by atoms with Crippen molar-refractivity contribution in [1.82, 2.24) is 20.4 Å².